The van der Waals surface area contributed by atoms with Crippen molar-refractivity contribution < 1.29 is 0 Å². The number of nitrogens with zero attached hydrogens (tertiary/aromatic N) is 1. The lowest BCUT2D eigenvalue weighted by Crippen LogP contribution is -2.54. The van der Waals surface area contributed by atoms with E-state index in [2.05, 4.69) is 29.2 Å². The second-order valence-corrected chi connectivity index (χ2v) is 3.44. The zero-order chi connectivity index (χ0) is 8.39. The summed E-state index contributed by atoms with van der Waals surface area (Å²) < 4.78 is 0. The molecule has 0 amide bonds. The van der Waals surface area contributed by atoms with Gasteiger partial charge in [0.25, 0.3) is 0 Å². The molecule has 4 heteroatoms. The number of nitrogens with two attached hydrogens (primary N) is 1. The zero-order valence-corrected chi connectivity index (χ0v) is 9.56. The van der Waals surface area contributed by atoms with Crippen molar-refractivity contribution in [2.75, 3.05) is 13.1 Å². The lowest BCUT2D eigenvalue weighted by atomic mass is 10.1. The van der Waals surface area contributed by atoms with Crippen LogP contribution in [0.4, 0.5) is 0 Å². The van der Waals surface area contributed by atoms with Crippen LogP contribution in [0.5, 0.6) is 0 Å². The maximum atomic E-state index is 5.68. The molecule has 2 N–H and O–H groups in total. The van der Waals surface area contributed by atoms with Crippen LogP contribution < -0.4 is 5.73 Å². The monoisotopic (exact) mass is 234 g/mol. The topological polar surface area (TPSA) is 29.3 Å². The Kier molecular flexibility index (Phi) is 6.12. The molecule has 0 atom stereocenters. The van der Waals surface area contributed by atoms with E-state index in [0.717, 1.165) is 19.6 Å². The van der Waals surface area contributed by atoms with E-state index in [1.807, 2.05) is 6.07 Å². The molecule has 0 bridgehead atoms. The predicted octanol–water partition coefficient (Wildman–Crippen LogP) is 1.67. The van der Waals surface area contributed by atoms with Crippen LogP contribution in [0.15, 0.2) is 30.3 Å². The molecule has 1 aromatic rings. The Balaban J connectivity index is 0.000000845. The highest BCUT2D eigenvalue weighted by Crippen LogP contribution is 2.10. The molecule has 80 valence electrons. The van der Waals surface area contributed by atoms with Gasteiger partial charge in [0.15, 0.2) is 0 Å². The van der Waals surface area contributed by atoms with Crippen LogP contribution in [0.3, 0.4) is 0 Å². The molecule has 1 saturated heterocycles. The van der Waals surface area contributed by atoms with Gasteiger partial charge in [-0.25, -0.2) is 0 Å². The maximum Gasteiger partial charge on any atom is 0.0297 e. The van der Waals surface area contributed by atoms with Gasteiger partial charge in [-0.15, -0.1) is 24.8 Å². The standard InChI is InChI=1S/C10H14N2.2ClH/c11-10-7-12(8-10)6-9-4-2-1-3-5-9;;/h1-5,10H,6-8,11H2;2*1H. The van der Waals surface area contributed by atoms with Gasteiger partial charge in [-0.05, 0) is 5.56 Å². The average Bonchev–Trinajstić information content (AvgIpc) is 2.04. The highest BCUT2D eigenvalue weighted by Gasteiger charge is 2.22. The summed E-state index contributed by atoms with van der Waals surface area (Å²) in [7, 11) is 0. The van der Waals surface area contributed by atoms with Gasteiger partial charge in [-0.3, -0.25) is 4.90 Å². The van der Waals surface area contributed by atoms with Crippen LogP contribution in [0, 0.1) is 0 Å². The Morgan fingerprint density at radius 3 is 2.21 bits per heavy atom. The lowest BCUT2D eigenvalue weighted by Gasteiger charge is -2.36. The molecule has 1 aromatic carbocycles. The minimum Gasteiger partial charge on any atom is -0.325 e. The van der Waals surface area contributed by atoms with Gasteiger partial charge in [-0.2, -0.15) is 0 Å². The number of hydrogen-bond donors (Lipinski definition) is 1. The van der Waals surface area contributed by atoms with Crippen LogP contribution in [0.1, 0.15) is 5.56 Å². The van der Waals surface area contributed by atoms with Gasteiger partial charge in [0.2, 0.25) is 0 Å². The summed E-state index contributed by atoms with van der Waals surface area (Å²) in [5.41, 5.74) is 7.06. The normalized spacial score (nSPS) is 16.4. The van der Waals surface area contributed by atoms with Gasteiger partial charge in [0.1, 0.15) is 0 Å². The zero-order valence-electron chi connectivity index (χ0n) is 7.93. The summed E-state index contributed by atoms with van der Waals surface area (Å²) in [4.78, 5) is 2.36. The van der Waals surface area contributed by atoms with Crippen molar-refractivity contribution >= 4 is 24.8 Å². The van der Waals surface area contributed by atoms with E-state index in [1.165, 1.54) is 5.56 Å². The van der Waals surface area contributed by atoms with Crippen molar-refractivity contribution in [3.63, 3.8) is 0 Å². The van der Waals surface area contributed by atoms with E-state index in [9.17, 15) is 0 Å². The maximum absolute atomic E-state index is 5.68. The Morgan fingerprint density at radius 1 is 1.14 bits per heavy atom. The van der Waals surface area contributed by atoms with Crippen LogP contribution in [0.25, 0.3) is 0 Å². The van der Waals surface area contributed by atoms with Gasteiger partial charge in [0, 0.05) is 25.7 Å². The summed E-state index contributed by atoms with van der Waals surface area (Å²) in [6.45, 7) is 3.15. The Hall–Kier alpha value is -0.280. The van der Waals surface area contributed by atoms with E-state index in [0.29, 0.717) is 6.04 Å². The molecule has 1 aliphatic heterocycles. The molecule has 0 radical (unpaired) electrons. The second kappa shape index (κ2) is 6.25. The number of hydrogen-bond acceptors (Lipinski definition) is 2. The first-order valence-corrected chi connectivity index (χ1v) is 4.36. The molecule has 14 heavy (non-hydrogen) atoms. The van der Waals surface area contributed by atoms with Crippen molar-refractivity contribution in [2.45, 2.75) is 12.6 Å². The SMILES string of the molecule is Cl.Cl.NC1CN(Cc2ccccc2)C1. The number of rotatable bonds is 2. The third-order valence-corrected chi connectivity index (χ3v) is 2.23. The first-order chi connectivity index (χ1) is 5.84. The van der Waals surface area contributed by atoms with Gasteiger partial charge < -0.3 is 5.73 Å². The molecule has 2 nitrogen and oxygen atoms in total. The van der Waals surface area contributed by atoms with Crippen LogP contribution in [-0.4, -0.2) is 24.0 Å². The molecule has 1 heterocycles. The summed E-state index contributed by atoms with van der Waals surface area (Å²) in [5.74, 6) is 0. The van der Waals surface area contributed by atoms with E-state index in [-0.39, 0.29) is 24.8 Å². The molecule has 0 aromatic heterocycles. The fourth-order valence-corrected chi connectivity index (χ4v) is 1.58. The highest BCUT2D eigenvalue weighted by atomic mass is 35.5. The van der Waals surface area contributed by atoms with E-state index < -0.39 is 0 Å². The summed E-state index contributed by atoms with van der Waals surface area (Å²) >= 11 is 0. The number of halogens is 2. The minimum absolute atomic E-state index is 0. The first kappa shape index (κ1) is 13.7. The van der Waals surface area contributed by atoms with Gasteiger partial charge in [-0.1, -0.05) is 30.3 Å². The van der Waals surface area contributed by atoms with E-state index >= 15 is 0 Å². The lowest BCUT2D eigenvalue weighted by molar-refractivity contribution is 0.142. The molecule has 1 fully saturated rings. The molecular formula is C10H16Cl2N2. The second-order valence-electron chi connectivity index (χ2n) is 3.44. The van der Waals surface area contributed by atoms with Crippen molar-refractivity contribution in [1.29, 1.82) is 0 Å². The van der Waals surface area contributed by atoms with Crippen molar-refractivity contribution in [3.05, 3.63) is 35.9 Å². The van der Waals surface area contributed by atoms with Crippen LogP contribution >= 0.6 is 24.8 Å². The van der Waals surface area contributed by atoms with E-state index in [1.54, 1.807) is 0 Å². The Labute approximate surface area is 97.3 Å². The van der Waals surface area contributed by atoms with Crippen LogP contribution in [0.2, 0.25) is 0 Å². The summed E-state index contributed by atoms with van der Waals surface area (Å²) in [6, 6.07) is 10.9. The molecule has 1 aliphatic rings. The van der Waals surface area contributed by atoms with E-state index in [4.69, 9.17) is 5.73 Å². The third-order valence-electron chi connectivity index (χ3n) is 2.23. The van der Waals surface area contributed by atoms with Crippen molar-refractivity contribution in [2.24, 2.45) is 5.73 Å². The number of likely N-dealkylation sites (tertiary alicyclic amines) is 1. The van der Waals surface area contributed by atoms with Crippen LogP contribution in [-0.2, 0) is 6.54 Å². The van der Waals surface area contributed by atoms with Gasteiger partial charge in [0.05, 0.1) is 0 Å². The smallest absolute Gasteiger partial charge is 0.0297 e. The Bertz CT molecular complexity index is 248. The summed E-state index contributed by atoms with van der Waals surface area (Å²) in [6.07, 6.45) is 0. The molecule has 2 rings (SSSR count). The Morgan fingerprint density at radius 2 is 1.71 bits per heavy atom. The largest absolute Gasteiger partial charge is 0.325 e. The fraction of sp³-hybridized carbons (Fsp3) is 0.400. The molecule has 0 saturated carbocycles. The molecule has 0 aliphatic carbocycles. The quantitative estimate of drug-likeness (QED) is 0.844. The molecule has 0 unspecified atom stereocenters. The molecular weight excluding hydrogens is 219 g/mol. The average molecular weight is 235 g/mol. The molecule has 0 spiro atoms. The first-order valence-electron chi connectivity index (χ1n) is 4.36. The predicted molar refractivity (Wildman–Crippen MR) is 64.2 cm³/mol. The summed E-state index contributed by atoms with van der Waals surface area (Å²) in [5, 5.41) is 0. The fourth-order valence-electron chi connectivity index (χ4n) is 1.58. The highest BCUT2D eigenvalue weighted by molar-refractivity contribution is 5.85. The number of benzene rings is 1. The van der Waals surface area contributed by atoms with Crippen molar-refractivity contribution in [1.82, 2.24) is 4.90 Å². The minimum atomic E-state index is 0. The van der Waals surface area contributed by atoms with Gasteiger partial charge >= 0.3 is 0 Å². The van der Waals surface area contributed by atoms with Crippen molar-refractivity contribution in [3.8, 4) is 0 Å². The third kappa shape index (κ3) is 3.46.